The topological polar surface area (TPSA) is 145 Å². The summed E-state index contributed by atoms with van der Waals surface area (Å²) in [7, 11) is 1.47. The number of esters is 1. The first kappa shape index (κ1) is 24.5. The van der Waals surface area contributed by atoms with Crippen LogP contribution in [-0.4, -0.2) is 72.1 Å². The lowest BCUT2D eigenvalue weighted by Gasteiger charge is -2.52. The van der Waals surface area contributed by atoms with Gasteiger partial charge in [-0.2, -0.15) is 0 Å². The normalized spacial score (nSPS) is 17.8. The van der Waals surface area contributed by atoms with Crippen molar-refractivity contribution in [3.63, 3.8) is 0 Å². The molecule has 14 heteroatoms. The first-order chi connectivity index (χ1) is 19.4. The van der Waals surface area contributed by atoms with Gasteiger partial charge in [0, 0.05) is 5.56 Å². The molecule has 2 fully saturated rings. The molecule has 2 aliphatic heterocycles. The van der Waals surface area contributed by atoms with Gasteiger partial charge in [0.15, 0.2) is 17.8 Å². The van der Waals surface area contributed by atoms with Crippen LogP contribution in [0.2, 0.25) is 5.02 Å². The van der Waals surface area contributed by atoms with E-state index in [-0.39, 0.29) is 33.7 Å². The summed E-state index contributed by atoms with van der Waals surface area (Å²) < 4.78 is 12.0. The number of aromatic nitrogens is 6. The highest BCUT2D eigenvalue weighted by atomic mass is 35.5. The van der Waals surface area contributed by atoms with Crippen LogP contribution >= 0.6 is 23.4 Å². The van der Waals surface area contributed by atoms with Crippen LogP contribution in [-0.2, 0) is 15.3 Å². The SMILES string of the molecule is COc1ccc(C(=O)N2CC3OC(=O)[C@H]32)cc1-n1c(CSc2ncnc3nc[nH]c23)nc2cccc(Cl)c2c1=O. The van der Waals surface area contributed by atoms with E-state index in [2.05, 4.69) is 19.9 Å². The van der Waals surface area contributed by atoms with Gasteiger partial charge in [0.1, 0.15) is 28.4 Å². The number of carbonyl (C=O) groups excluding carboxylic acids is 2. The zero-order valence-electron chi connectivity index (χ0n) is 20.7. The summed E-state index contributed by atoms with van der Waals surface area (Å²) in [6.45, 7) is 0.326. The third kappa shape index (κ3) is 3.72. The second-order valence-corrected chi connectivity index (χ2v) is 10.5. The lowest BCUT2D eigenvalue weighted by Crippen LogP contribution is -2.74. The lowest BCUT2D eigenvalue weighted by molar-refractivity contribution is -0.209. The molecule has 0 radical (unpaired) electrons. The van der Waals surface area contributed by atoms with Crippen LogP contribution in [0.1, 0.15) is 16.2 Å². The molecule has 5 aromatic rings. The molecule has 0 bridgehead atoms. The molecule has 0 saturated carbocycles. The van der Waals surface area contributed by atoms with Crippen LogP contribution in [0.4, 0.5) is 0 Å². The van der Waals surface area contributed by atoms with Gasteiger partial charge in [-0.15, -0.1) is 0 Å². The van der Waals surface area contributed by atoms with Gasteiger partial charge in [0.2, 0.25) is 0 Å². The van der Waals surface area contributed by atoms with Gasteiger partial charge in [0.25, 0.3) is 11.5 Å². The molecule has 1 unspecified atom stereocenters. The summed E-state index contributed by atoms with van der Waals surface area (Å²) in [5.41, 5.74) is 1.79. The van der Waals surface area contributed by atoms with E-state index in [0.29, 0.717) is 45.5 Å². The Labute approximate surface area is 234 Å². The van der Waals surface area contributed by atoms with Crippen molar-refractivity contribution < 1.29 is 19.1 Å². The molecule has 3 aromatic heterocycles. The Morgan fingerprint density at radius 1 is 1.23 bits per heavy atom. The molecule has 2 aliphatic rings. The maximum Gasteiger partial charge on any atom is 0.333 e. The van der Waals surface area contributed by atoms with Gasteiger partial charge in [-0.3, -0.25) is 14.2 Å². The molecular weight excluding hydrogens is 558 g/mol. The Kier molecular flexibility index (Phi) is 5.71. The largest absolute Gasteiger partial charge is 0.495 e. The number of nitrogens with one attached hydrogen (secondary N) is 1. The number of imidazole rings is 1. The van der Waals surface area contributed by atoms with Crippen LogP contribution < -0.4 is 10.3 Å². The van der Waals surface area contributed by atoms with E-state index in [1.165, 1.54) is 41.0 Å². The van der Waals surface area contributed by atoms with E-state index in [0.717, 1.165) is 0 Å². The highest BCUT2D eigenvalue weighted by Gasteiger charge is 2.57. The predicted octanol–water partition coefficient (Wildman–Crippen LogP) is 2.76. The van der Waals surface area contributed by atoms with E-state index in [1.807, 2.05) is 0 Å². The third-order valence-electron chi connectivity index (χ3n) is 6.94. The van der Waals surface area contributed by atoms with Crippen molar-refractivity contribution >= 4 is 57.3 Å². The summed E-state index contributed by atoms with van der Waals surface area (Å²) in [6, 6.07) is 9.26. The number of hydrogen-bond donors (Lipinski definition) is 1. The van der Waals surface area contributed by atoms with E-state index < -0.39 is 17.6 Å². The molecule has 12 nitrogen and oxygen atoms in total. The minimum Gasteiger partial charge on any atom is -0.495 e. The summed E-state index contributed by atoms with van der Waals surface area (Å²) in [4.78, 5) is 61.1. The van der Waals surface area contributed by atoms with E-state index >= 15 is 0 Å². The number of nitrogens with zero attached hydrogens (tertiary/aromatic N) is 6. The number of amides is 1. The Hall–Kier alpha value is -4.49. The standard InChI is InChI=1S/C26H18ClN7O5S/c1-38-16-6-5-12(24(35)33-8-17-21(33)26(37)39-17)7-15(16)34-18(32-14-4-2-3-13(27)19(14)25(34)36)9-40-23-20-22(29-10-28-20)30-11-31-23/h2-7,10-11,17,21H,8-9H2,1H3,(H,28,29,30,31)/t17?,21-/m0/s1. The number of rotatable bonds is 6. The van der Waals surface area contributed by atoms with Crippen LogP contribution in [0.25, 0.3) is 27.8 Å². The lowest BCUT2D eigenvalue weighted by atomic mass is 9.92. The Morgan fingerprint density at radius 2 is 2.10 bits per heavy atom. The number of aromatic amines is 1. The Balaban J connectivity index is 1.36. The third-order valence-corrected chi connectivity index (χ3v) is 8.24. The number of benzene rings is 2. The number of ether oxygens (including phenoxy) is 2. The first-order valence-electron chi connectivity index (χ1n) is 12.1. The van der Waals surface area contributed by atoms with Crippen molar-refractivity contribution in [3.05, 3.63) is 75.8 Å². The summed E-state index contributed by atoms with van der Waals surface area (Å²) >= 11 is 7.79. The average Bonchev–Trinajstić information content (AvgIpc) is 3.43. The number of methoxy groups -OCH3 is 1. The zero-order chi connectivity index (χ0) is 27.5. The molecule has 200 valence electrons. The first-order valence-corrected chi connectivity index (χ1v) is 13.5. The van der Waals surface area contributed by atoms with Gasteiger partial charge >= 0.3 is 5.97 Å². The number of likely N-dealkylation sites (tertiary alicyclic amines) is 1. The number of morpholine rings is 1. The smallest absolute Gasteiger partial charge is 0.333 e. The molecule has 1 N–H and O–H groups in total. The van der Waals surface area contributed by atoms with Crippen molar-refractivity contribution in [1.82, 2.24) is 34.4 Å². The van der Waals surface area contributed by atoms with Crippen molar-refractivity contribution in [1.29, 1.82) is 0 Å². The fourth-order valence-electron chi connectivity index (χ4n) is 4.94. The fraction of sp³-hybridized carbons (Fsp3) is 0.192. The van der Waals surface area contributed by atoms with Crippen molar-refractivity contribution in [3.8, 4) is 11.4 Å². The van der Waals surface area contributed by atoms with Crippen LogP contribution in [0.15, 0.2) is 58.9 Å². The number of carbonyl (C=O) groups is 2. The second kappa shape index (κ2) is 9.31. The van der Waals surface area contributed by atoms with Gasteiger partial charge in [-0.1, -0.05) is 29.4 Å². The van der Waals surface area contributed by atoms with Crippen LogP contribution in [0.3, 0.4) is 0 Å². The van der Waals surface area contributed by atoms with Crippen LogP contribution in [0, 0.1) is 0 Å². The summed E-state index contributed by atoms with van der Waals surface area (Å²) in [5, 5.41) is 1.11. The maximum absolute atomic E-state index is 14.0. The Bertz CT molecular complexity index is 1930. The minimum absolute atomic E-state index is 0.228. The molecular formula is C26H18ClN7O5S. The van der Waals surface area contributed by atoms with Crippen molar-refractivity contribution in [2.45, 2.75) is 22.9 Å². The van der Waals surface area contributed by atoms with E-state index in [9.17, 15) is 14.4 Å². The van der Waals surface area contributed by atoms with Crippen LogP contribution in [0.5, 0.6) is 5.75 Å². The number of fused-ring (bicyclic) bond motifs is 3. The van der Waals surface area contributed by atoms with Crippen molar-refractivity contribution in [2.24, 2.45) is 0 Å². The fourth-order valence-corrected chi connectivity index (χ4v) is 6.06. The molecule has 7 rings (SSSR count). The predicted molar refractivity (Wildman–Crippen MR) is 145 cm³/mol. The van der Waals surface area contributed by atoms with Gasteiger partial charge < -0.3 is 19.4 Å². The summed E-state index contributed by atoms with van der Waals surface area (Å²) in [6.07, 6.45) is 2.70. The molecule has 5 heterocycles. The molecule has 0 aliphatic carbocycles. The number of halogens is 1. The number of H-pyrrole nitrogens is 1. The number of hydrogen-bond acceptors (Lipinski definition) is 10. The highest BCUT2D eigenvalue weighted by molar-refractivity contribution is 7.98. The molecule has 2 saturated heterocycles. The second-order valence-electron chi connectivity index (χ2n) is 9.14. The maximum atomic E-state index is 14.0. The molecule has 0 spiro atoms. The van der Waals surface area contributed by atoms with Gasteiger partial charge in [-0.25, -0.2) is 24.7 Å². The van der Waals surface area contributed by atoms with Gasteiger partial charge in [0.05, 0.1) is 47.3 Å². The highest BCUT2D eigenvalue weighted by Crippen LogP contribution is 2.35. The molecule has 2 atom stereocenters. The minimum atomic E-state index is -0.568. The van der Waals surface area contributed by atoms with Crippen molar-refractivity contribution in [2.75, 3.05) is 13.7 Å². The Morgan fingerprint density at radius 3 is 2.90 bits per heavy atom. The van der Waals surface area contributed by atoms with Gasteiger partial charge in [-0.05, 0) is 30.3 Å². The molecule has 1 amide bonds. The van der Waals surface area contributed by atoms with E-state index in [4.69, 9.17) is 26.1 Å². The monoisotopic (exact) mass is 575 g/mol. The molecule has 2 aromatic carbocycles. The average molecular weight is 576 g/mol. The van der Waals surface area contributed by atoms with E-state index in [1.54, 1.807) is 36.4 Å². The number of thioether (sulfide) groups is 1. The quantitative estimate of drug-likeness (QED) is 0.182. The summed E-state index contributed by atoms with van der Waals surface area (Å²) in [5.74, 6) is 0.191. The zero-order valence-corrected chi connectivity index (χ0v) is 22.3. The molecule has 40 heavy (non-hydrogen) atoms.